The molecule has 2 fully saturated rings. The molecule has 0 bridgehead atoms. The predicted octanol–water partition coefficient (Wildman–Crippen LogP) is 2.27. The number of ether oxygens (including phenoxy) is 2. The van der Waals surface area contributed by atoms with Gasteiger partial charge in [0.2, 0.25) is 5.91 Å². The van der Waals surface area contributed by atoms with Gasteiger partial charge in [-0.15, -0.1) is 0 Å². The Bertz CT molecular complexity index is 498. The minimum Gasteiger partial charge on any atom is -0.492 e. The number of rotatable bonds is 4. The van der Waals surface area contributed by atoms with Crippen LogP contribution in [-0.4, -0.2) is 47.7 Å². The third-order valence-electron chi connectivity index (χ3n) is 5.02. The average molecular weight is 304 g/mol. The zero-order valence-electron chi connectivity index (χ0n) is 13.2. The van der Waals surface area contributed by atoms with Gasteiger partial charge in [-0.25, -0.2) is 0 Å². The quantitative estimate of drug-likeness (QED) is 0.856. The number of nitrogens with zero attached hydrogens (tertiary/aromatic N) is 2. The number of carbonyl (C=O) groups excluding carboxylic acids is 1. The standard InChI is InChI=1S/C17H24N2O3/c1-14(20)19-9-6-17(7-10-19)15(5-12-22-17)4-11-21-16-3-2-8-18-13-16/h2-3,8,13,15H,4-7,9-12H2,1H3/t15-/m1/s1. The van der Waals surface area contributed by atoms with Crippen LogP contribution in [0.1, 0.15) is 32.6 Å². The van der Waals surface area contributed by atoms with Crippen LogP contribution in [0.2, 0.25) is 0 Å². The monoisotopic (exact) mass is 304 g/mol. The van der Waals surface area contributed by atoms with Crippen molar-refractivity contribution in [3.63, 3.8) is 0 Å². The number of pyridine rings is 1. The van der Waals surface area contributed by atoms with E-state index in [1.807, 2.05) is 17.0 Å². The van der Waals surface area contributed by atoms with Gasteiger partial charge < -0.3 is 14.4 Å². The summed E-state index contributed by atoms with van der Waals surface area (Å²) in [6.07, 6.45) is 7.47. The maximum absolute atomic E-state index is 11.5. The van der Waals surface area contributed by atoms with Gasteiger partial charge in [0.1, 0.15) is 5.75 Å². The first-order chi connectivity index (χ1) is 10.7. The molecule has 3 rings (SSSR count). The Labute approximate surface area is 131 Å². The normalized spacial score (nSPS) is 23.7. The maximum Gasteiger partial charge on any atom is 0.219 e. The molecule has 0 unspecified atom stereocenters. The van der Waals surface area contributed by atoms with Gasteiger partial charge in [-0.3, -0.25) is 9.78 Å². The Morgan fingerprint density at radius 1 is 1.50 bits per heavy atom. The maximum atomic E-state index is 11.5. The van der Waals surface area contributed by atoms with Crippen molar-refractivity contribution in [3.8, 4) is 5.75 Å². The van der Waals surface area contributed by atoms with Crippen molar-refractivity contribution < 1.29 is 14.3 Å². The summed E-state index contributed by atoms with van der Waals surface area (Å²) in [5, 5.41) is 0. The van der Waals surface area contributed by atoms with Gasteiger partial charge in [0.25, 0.3) is 0 Å². The van der Waals surface area contributed by atoms with Crippen LogP contribution in [0, 0.1) is 5.92 Å². The van der Waals surface area contributed by atoms with Crippen LogP contribution in [0.15, 0.2) is 24.5 Å². The van der Waals surface area contributed by atoms with E-state index in [4.69, 9.17) is 9.47 Å². The smallest absolute Gasteiger partial charge is 0.219 e. The minimum atomic E-state index is -0.0375. The van der Waals surface area contributed by atoms with Crippen LogP contribution in [0.3, 0.4) is 0 Å². The molecule has 2 aliphatic heterocycles. The molecule has 1 aromatic heterocycles. The molecule has 0 aliphatic carbocycles. The molecule has 2 saturated heterocycles. The first-order valence-corrected chi connectivity index (χ1v) is 8.12. The molecule has 3 heterocycles. The number of amides is 1. The molecule has 1 aromatic rings. The fourth-order valence-corrected chi connectivity index (χ4v) is 3.70. The van der Waals surface area contributed by atoms with Crippen molar-refractivity contribution in [2.45, 2.75) is 38.2 Å². The number of hydrogen-bond acceptors (Lipinski definition) is 4. The highest BCUT2D eigenvalue weighted by Gasteiger charge is 2.46. The molecule has 0 saturated carbocycles. The molecule has 5 heteroatoms. The highest BCUT2D eigenvalue weighted by Crippen LogP contribution is 2.42. The van der Waals surface area contributed by atoms with Crippen LogP contribution in [0.5, 0.6) is 5.75 Å². The van der Waals surface area contributed by atoms with Crippen molar-refractivity contribution in [1.82, 2.24) is 9.88 Å². The zero-order valence-corrected chi connectivity index (χ0v) is 13.2. The third kappa shape index (κ3) is 3.24. The Kier molecular flexibility index (Phi) is 4.62. The van der Waals surface area contributed by atoms with E-state index in [0.717, 1.165) is 51.1 Å². The molecular formula is C17H24N2O3. The lowest BCUT2D eigenvalue weighted by atomic mass is 9.78. The SMILES string of the molecule is CC(=O)N1CCC2(CC1)OCC[C@H]2CCOc1cccnc1. The third-order valence-corrected chi connectivity index (χ3v) is 5.02. The highest BCUT2D eigenvalue weighted by molar-refractivity contribution is 5.73. The van der Waals surface area contributed by atoms with E-state index >= 15 is 0 Å². The molecule has 5 nitrogen and oxygen atoms in total. The van der Waals surface area contributed by atoms with E-state index in [1.54, 1.807) is 19.3 Å². The van der Waals surface area contributed by atoms with E-state index in [-0.39, 0.29) is 11.5 Å². The molecule has 120 valence electrons. The van der Waals surface area contributed by atoms with Gasteiger partial charge in [-0.1, -0.05) is 0 Å². The molecule has 2 aliphatic rings. The summed E-state index contributed by atoms with van der Waals surface area (Å²) in [7, 11) is 0. The fourth-order valence-electron chi connectivity index (χ4n) is 3.70. The minimum absolute atomic E-state index is 0.0375. The fraction of sp³-hybridized carbons (Fsp3) is 0.647. The summed E-state index contributed by atoms with van der Waals surface area (Å²) in [6.45, 7) is 4.80. The van der Waals surface area contributed by atoms with Gasteiger partial charge in [-0.05, 0) is 43.7 Å². The number of carbonyl (C=O) groups is 1. The average Bonchev–Trinajstić information content (AvgIpc) is 2.91. The van der Waals surface area contributed by atoms with Crippen LogP contribution in [0.25, 0.3) is 0 Å². The van der Waals surface area contributed by atoms with Crippen LogP contribution < -0.4 is 4.74 Å². The highest BCUT2D eigenvalue weighted by atomic mass is 16.5. The van der Waals surface area contributed by atoms with Gasteiger partial charge in [-0.2, -0.15) is 0 Å². The topological polar surface area (TPSA) is 51.7 Å². The number of hydrogen-bond donors (Lipinski definition) is 0. The van der Waals surface area contributed by atoms with E-state index < -0.39 is 0 Å². The van der Waals surface area contributed by atoms with E-state index in [1.165, 1.54) is 0 Å². The second-order valence-corrected chi connectivity index (χ2v) is 6.23. The molecular weight excluding hydrogens is 280 g/mol. The van der Waals surface area contributed by atoms with Gasteiger partial charge in [0, 0.05) is 32.8 Å². The van der Waals surface area contributed by atoms with Gasteiger partial charge in [0.05, 0.1) is 18.4 Å². The van der Waals surface area contributed by atoms with E-state index in [2.05, 4.69) is 4.98 Å². The number of aromatic nitrogens is 1. The number of likely N-dealkylation sites (tertiary alicyclic amines) is 1. The lowest BCUT2D eigenvalue weighted by Gasteiger charge is -2.42. The summed E-state index contributed by atoms with van der Waals surface area (Å²) in [4.78, 5) is 17.5. The summed E-state index contributed by atoms with van der Waals surface area (Å²) in [5.74, 6) is 1.52. The van der Waals surface area contributed by atoms with E-state index in [0.29, 0.717) is 12.5 Å². The second kappa shape index (κ2) is 6.65. The van der Waals surface area contributed by atoms with Gasteiger partial charge >= 0.3 is 0 Å². The van der Waals surface area contributed by atoms with Crippen LogP contribution >= 0.6 is 0 Å². The van der Waals surface area contributed by atoms with Crippen molar-refractivity contribution >= 4 is 5.91 Å². The Morgan fingerprint density at radius 3 is 3.00 bits per heavy atom. The summed E-state index contributed by atoms with van der Waals surface area (Å²) >= 11 is 0. The molecule has 0 radical (unpaired) electrons. The molecule has 1 atom stereocenters. The van der Waals surface area contributed by atoms with Crippen molar-refractivity contribution in [2.75, 3.05) is 26.3 Å². The molecule has 1 spiro atoms. The van der Waals surface area contributed by atoms with Crippen molar-refractivity contribution in [1.29, 1.82) is 0 Å². The molecule has 0 aromatic carbocycles. The summed E-state index contributed by atoms with van der Waals surface area (Å²) < 4.78 is 11.9. The van der Waals surface area contributed by atoms with E-state index in [9.17, 15) is 4.79 Å². The summed E-state index contributed by atoms with van der Waals surface area (Å²) in [6, 6.07) is 3.81. The first kappa shape index (κ1) is 15.3. The molecule has 1 amide bonds. The second-order valence-electron chi connectivity index (χ2n) is 6.23. The molecule has 0 N–H and O–H groups in total. The van der Waals surface area contributed by atoms with Crippen LogP contribution in [0.4, 0.5) is 0 Å². The lowest BCUT2D eigenvalue weighted by molar-refractivity contribution is -0.135. The largest absolute Gasteiger partial charge is 0.492 e. The van der Waals surface area contributed by atoms with Crippen molar-refractivity contribution in [2.24, 2.45) is 5.92 Å². The summed E-state index contributed by atoms with van der Waals surface area (Å²) in [5.41, 5.74) is -0.0375. The Balaban J connectivity index is 1.52. The van der Waals surface area contributed by atoms with Gasteiger partial charge in [0.15, 0.2) is 0 Å². The number of piperidine rings is 1. The predicted molar refractivity (Wildman–Crippen MR) is 82.6 cm³/mol. The lowest BCUT2D eigenvalue weighted by Crippen LogP contribution is -2.49. The molecule has 22 heavy (non-hydrogen) atoms. The first-order valence-electron chi connectivity index (χ1n) is 8.12. The van der Waals surface area contributed by atoms with Crippen molar-refractivity contribution in [3.05, 3.63) is 24.5 Å². The van der Waals surface area contributed by atoms with Crippen LogP contribution in [-0.2, 0) is 9.53 Å². The Morgan fingerprint density at radius 2 is 2.32 bits per heavy atom. The Hall–Kier alpha value is -1.62. The zero-order chi connectivity index (χ0) is 15.4.